The minimum absolute atomic E-state index is 0.0414. The van der Waals surface area contributed by atoms with E-state index in [0.717, 1.165) is 22.6 Å². The Morgan fingerprint density at radius 1 is 1.33 bits per heavy atom. The fraction of sp³-hybridized carbons (Fsp3) is 0.412. The third kappa shape index (κ3) is 3.06. The smallest absolute Gasteiger partial charge is 0.137 e. The van der Waals surface area contributed by atoms with E-state index in [4.69, 9.17) is 17.0 Å². The lowest BCUT2D eigenvalue weighted by atomic mass is 10.1. The van der Waals surface area contributed by atoms with Gasteiger partial charge in [-0.2, -0.15) is 0 Å². The van der Waals surface area contributed by atoms with E-state index in [-0.39, 0.29) is 6.10 Å². The maximum absolute atomic E-state index is 5.90. The summed E-state index contributed by atoms with van der Waals surface area (Å²) in [6, 6.07) is 10.3. The first-order valence-electron chi connectivity index (χ1n) is 7.48. The van der Waals surface area contributed by atoms with Gasteiger partial charge in [0.15, 0.2) is 0 Å². The van der Waals surface area contributed by atoms with Gasteiger partial charge < -0.3 is 9.72 Å². The van der Waals surface area contributed by atoms with Gasteiger partial charge in [-0.15, -0.1) is 0 Å². The Hall–Kier alpha value is -1.52. The summed E-state index contributed by atoms with van der Waals surface area (Å²) in [5.41, 5.74) is 3.21. The second kappa shape index (κ2) is 6.08. The molecule has 0 aliphatic heterocycles. The largest absolute Gasteiger partial charge is 0.370 e. The molecule has 1 fully saturated rings. The molecule has 3 nitrogen and oxygen atoms in total. The van der Waals surface area contributed by atoms with Crippen LogP contribution in [0.25, 0.3) is 11.3 Å². The van der Waals surface area contributed by atoms with E-state index in [2.05, 4.69) is 22.1 Å². The first-order chi connectivity index (χ1) is 10.2. The van der Waals surface area contributed by atoms with Gasteiger partial charge in [-0.05, 0) is 38.2 Å². The molecule has 0 radical (unpaired) electrons. The number of ether oxygens (including phenoxy) is 1. The Bertz CT molecular complexity index is 677. The van der Waals surface area contributed by atoms with E-state index in [0.29, 0.717) is 17.2 Å². The molecule has 1 N–H and O–H groups in total. The van der Waals surface area contributed by atoms with Crippen molar-refractivity contribution >= 4 is 12.2 Å². The van der Waals surface area contributed by atoms with Crippen LogP contribution in [0.5, 0.6) is 0 Å². The van der Waals surface area contributed by atoms with Crippen LogP contribution in [0.3, 0.4) is 0 Å². The zero-order chi connectivity index (χ0) is 14.8. The first kappa shape index (κ1) is 14.4. The molecule has 21 heavy (non-hydrogen) atoms. The van der Waals surface area contributed by atoms with Gasteiger partial charge in [-0.1, -0.05) is 42.5 Å². The molecule has 1 aliphatic carbocycles. The van der Waals surface area contributed by atoms with Crippen LogP contribution < -0.4 is 0 Å². The third-order valence-corrected chi connectivity index (χ3v) is 4.30. The van der Waals surface area contributed by atoms with Crippen LogP contribution in [-0.2, 0) is 4.74 Å². The summed E-state index contributed by atoms with van der Waals surface area (Å²) >= 11 is 5.45. The highest BCUT2D eigenvalue weighted by molar-refractivity contribution is 7.71. The minimum Gasteiger partial charge on any atom is -0.370 e. The van der Waals surface area contributed by atoms with Gasteiger partial charge in [0.2, 0.25) is 0 Å². The van der Waals surface area contributed by atoms with Crippen LogP contribution in [0.2, 0.25) is 0 Å². The van der Waals surface area contributed by atoms with Crippen LogP contribution in [-0.4, -0.2) is 16.6 Å². The highest BCUT2D eigenvalue weighted by Crippen LogP contribution is 2.42. The van der Waals surface area contributed by atoms with Gasteiger partial charge in [0.1, 0.15) is 16.6 Å². The van der Waals surface area contributed by atoms with Crippen LogP contribution in [0.1, 0.15) is 37.3 Å². The SMILES string of the molecule is CCOC(c1nc(=S)c(C)c(-c2ccccc2)[nH]1)C1CC1. The number of hydrogen-bond acceptors (Lipinski definition) is 3. The fourth-order valence-corrected chi connectivity index (χ4v) is 2.80. The molecule has 1 atom stereocenters. The van der Waals surface area contributed by atoms with Gasteiger partial charge in [0.05, 0.1) is 5.69 Å². The number of aromatic amines is 1. The Balaban J connectivity index is 2.07. The minimum atomic E-state index is 0.0414. The fourth-order valence-electron chi connectivity index (χ4n) is 2.60. The lowest BCUT2D eigenvalue weighted by Gasteiger charge is -2.18. The molecular formula is C17H20N2OS. The maximum Gasteiger partial charge on any atom is 0.137 e. The molecule has 0 saturated heterocycles. The Kier molecular flexibility index (Phi) is 4.17. The predicted molar refractivity (Wildman–Crippen MR) is 86.7 cm³/mol. The van der Waals surface area contributed by atoms with Crippen molar-refractivity contribution in [2.45, 2.75) is 32.8 Å². The molecule has 4 heteroatoms. The second-order valence-corrected chi connectivity index (χ2v) is 5.89. The zero-order valence-corrected chi connectivity index (χ0v) is 13.2. The normalized spacial score (nSPS) is 15.9. The Morgan fingerprint density at radius 2 is 2.05 bits per heavy atom. The number of aromatic nitrogens is 2. The molecule has 1 heterocycles. The molecule has 1 unspecified atom stereocenters. The van der Waals surface area contributed by atoms with E-state index < -0.39 is 0 Å². The van der Waals surface area contributed by atoms with E-state index in [1.807, 2.05) is 32.0 Å². The molecule has 1 saturated carbocycles. The van der Waals surface area contributed by atoms with Gasteiger partial charge in [-0.3, -0.25) is 0 Å². The summed E-state index contributed by atoms with van der Waals surface area (Å²) in [7, 11) is 0. The van der Waals surface area contributed by atoms with Crippen molar-refractivity contribution in [1.29, 1.82) is 0 Å². The molecule has 1 aromatic carbocycles. The lowest BCUT2D eigenvalue weighted by Crippen LogP contribution is -2.12. The summed E-state index contributed by atoms with van der Waals surface area (Å²) in [5.74, 6) is 1.45. The lowest BCUT2D eigenvalue weighted by molar-refractivity contribution is 0.0400. The van der Waals surface area contributed by atoms with Crippen molar-refractivity contribution in [1.82, 2.24) is 9.97 Å². The highest BCUT2D eigenvalue weighted by atomic mass is 32.1. The van der Waals surface area contributed by atoms with E-state index >= 15 is 0 Å². The second-order valence-electron chi connectivity index (χ2n) is 5.51. The Morgan fingerprint density at radius 3 is 2.67 bits per heavy atom. The quantitative estimate of drug-likeness (QED) is 0.820. The zero-order valence-electron chi connectivity index (χ0n) is 12.4. The Labute approximate surface area is 130 Å². The van der Waals surface area contributed by atoms with Gasteiger partial charge >= 0.3 is 0 Å². The standard InChI is InChI=1S/C17H20N2OS/c1-3-20-15(13-9-10-13)16-18-14(11(2)17(21)19-16)12-7-5-4-6-8-12/h4-8,13,15H,3,9-10H2,1-2H3,(H,18,19,21). The van der Waals surface area contributed by atoms with Gasteiger partial charge in [0.25, 0.3) is 0 Å². The van der Waals surface area contributed by atoms with Crippen LogP contribution >= 0.6 is 12.2 Å². The molecule has 0 spiro atoms. The monoisotopic (exact) mass is 300 g/mol. The summed E-state index contributed by atoms with van der Waals surface area (Å²) in [6.07, 6.45) is 2.46. The molecule has 0 amide bonds. The molecule has 0 bridgehead atoms. The maximum atomic E-state index is 5.90. The summed E-state index contributed by atoms with van der Waals surface area (Å²) in [5, 5.41) is 0. The molecule has 3 rings (SSSR count). The molecule has 1 aliphatic rings. The van der Waals surface area contributed by atoms with Crippen molar-refractivity contribution < 1.29 is 4.74 Å². The van der Waals surface area contributed by atoms with Crippen LogP contribution in [0, 0.1) is 17.5 Å². The summed E-state index contributed by atoms with van der Waals surface area (Å²) in [4.78, 5) is 8.05. The number of benzene rings is 1. The number of nitrogens with one attached hydrogen (secondary N) is 1. The summed E-state index contributed by atoms with van der Waals surface area (Å²) < 4.78 is 6.56. The van der Waals surface area contributed by atoms with Gasteiger partial charge in [-0.25, -0.2) is 4.98 Å². The van der Waals surface area contributed by atoms with Crippen molar-refractivity contribution in [3.63, 3.8) is 0 Å². The van der Waals surface area contributed by atoms with Crippen molar-refractivity contribution in [3.05, 3.63) is 46.4 Å². The van der Waals surface area contributed by atoms with Crippen molar-refractivity contribution in [3.8, 4) is 11.3 Å². The number of nitrogens with zero attached hydrogens (tertiary/aromatic N) is 1. The van der Waals surface area contributed by atoms with E-state index in [9.17, 15) is 0 Å². The van der Waals surface area contributed by atoms with Crippen molar-refractivity contribution in [2.24, 2.45) is 5.92 Å². The molecule has 2 aromatic rings. The highest BCUT2D eigenvalue weighted by Gasteiger charge is 2.34. The van der Waals surface area contributed by atoms with Crippen molar-refractivity contribution in [2.75, 3.05) is 6.61 Å². The number of H-pyrrole nitrogens is 1. The van der Waals surface area contributed by atoms with E-state index in [1.165, 1.54) is 12.8 Å². The molecule has 1 aromatic heterocycles. The van der Waals surface area contributed by atoms with Gasteiger partial charge in [0, 0.05) is 12.2 Å². The molecule has 110 valence electrons. The molecular weight excluding hydrogens is 280 g/mol. The third-order valence-electron chi connectivity index (χ3n) is 3.90. The van der Waals surface area contributed by atoms with Crippen LogP contribution in [0.15, 0.2) is 30.3 Å². The topological polar surface area (TPSA) is 37.9 Å². The first-order valence-corrected chi connectivity index (χ1v) is 7.89. The average Bonchev–Trinajstić information content (AvgIpc) is 3.33. The predicted octanol–water partition coefficient (Wildman–Crippen LogP) is 4.60. The summed E-state index contributed by atoms with van der Waals surface area (Å²) in [6.45, 7) is 4.74. The number of hydrogen-bond donors (Lipinski definition) is 1. The van der Waals surface area contributed by atoms with E-state index in [1.54, 1.807) is 0 Å². The average molecular weight is 300 g/mol. The van der Waals surface area contributed by atoms with Crippen LogP contribution in [0.4, 0.5) is 0 Å². The number of rotatable bonds is 5.